The van der Waals surface area contributed by atoms with Crippen molar-refractivity contribution in [1.29, 1.82) is 0 Å². The van der Waals surface area contributed by atoms with Gasteiger partial charge in [0.1, 0.15) is 0 Å². The molecule has 0 aliphatic heterocycles. The molecule has 0 aromatic heterocycles. The van der Waals surface area contributed by atoms with Crippen LogP contribution in [0.5, 0.6) is 0 Å². The summed E-state index contributed by atoms with van der Waals surface area (Å²) in [5.41, 5.74) is 5.99. The van der Waals surface area contributed by atoms with E-state index in [1.165, 1.54) is 32.1 Å². The van der Waals surface area contributed by atoms with Gasteiger partial charge in [-0.05, 0) is 31.6 Å². The molecule has 0 aromatic rings. The Morgan fingerprint density at radius 2 is 2.00 bits per heavy atom. The molecular weight excluding hydrogens is 136 g/mol. The van der Waals surface area contributed by atoms with Gasteiger partial charge in [-0.15, -0.1) is 0 Å². The Labute approximate surface area is 68.5 Å². The standard InChI is InChI=1S/C9H18N2/c10-9(7-2-1-3-7)6-11-8-4-5-8/h7-9,11H,1-6,10H2. The van der Waals surface area contributed by atoms with Crippen LogP contribution in [0.4, 0.5) is 0 Å². The Hall–Kier alpha value is -0.0800. The first-order valence-electron chi connectivity index (χ1n) is 4.85. The molecular formula is C9H18N2. The van der Waals surface area contributed by atoms with Crippen LogP contribution in [0.15, 0.2) is 0 Å². The van der Waals surface area contributed by atoms with E-state index >= 15 is 0 Å². The molecule has 3 N–H and O–H groups in total. The molecule has 1 atom stereocenters. The molecule has 64 valence electrons. The summed E-state index contributed by atoms with van der Waals surface area (Å²) in [6, 6.07) is 1.26. The van der Waals surface area contributed by atoms with Crippen LogP contribution in [0.1, 0.15) is 32.1 Å². The maximum atomic E-state index is 5.99. The summed E-state index contributed by atoms with van der Waals surface area (Å²) < 4.78 is 0. The van der Waals surface area contributed by atoms with E-state index in [9.17, 15) is 0 Å². The van der Waals surface area contributed by atoms with E-state index in [1.807, 2.05) is 0 Å². The highest BCUT2D eigenvalue weighted by Gasteiger charge is 2.26. The van der Waals surface area contributed by atoms with Crippen molar-refractivity contribution in [2.24, 2.45) is 11.7 Å². The van der Waals surface area contributed by atoms with Gasteiger partial charge in [0.25, 0.3) is 0 Å². The summed E-state index contributed by atoms with van der Waals surface area (Å²) in [6.45, 7) is 1.05. The summed E-state index contributed by atoms with van der Waals surface area (Å²) in [7, 11) is 0. The second-order valence-electron chi connectivity index (χ2n) is 4.04. The maximum Gasteiger partial charge on any atom is 0.0194 e. The van der Waals surface area contributed by atoms with Crippen molar-refractivity contribution < 1.29 is 0 Å². The highest BCUT2D eigenvalue weighted by Crippen LogP contribution is 2.28. The molecule has 0 radical (unpaired) electrons. The maximum absolute atomic E-state index is 5.99. The Balaban J connectivity index is 1.59. The first-order chi connectivity index (χ1) is 5.36. The third-order valence-electron chi connectivity index (χ3n) is 2.97. The van der Waals surface area contributed by atoms with Crippen LogP contribution in [-0.2, 0) is 0 Å². The normalized spacial score (nSPS) is 28.1. The number of hydrogen-bond acceptors (Lipinski definition) is 2. The van der Waals surface area contributed by atoms with Gasteiger partial charge in [0.2, 0.25) is 0 Å². The van der Waals surface area contributed by atoms with Gasteiger partial charge in [0.15, 0.2) is 0 Å². The van der Waals surface area contributed by atoms with Crippen LogP contribution in [-0.4, -0.2) is 18.6 Å². The van der Waals surface area contributed by atoms with Crippen molar-refractivity contribution >= 4 is 0 Å². The Bertz CT molecular complexity index is 128. The Morgan fingerprint density at radius 3 is 2.45 bits per heavy atom. The first-order valence-corrected chi connectivity index (χ1v) is 4.85. The van der Waals surface area contributed by atoms with E-state index in [-0.39, 0.29) is 0 Å². The first kappa shape index (κ1) is 7.56. The SMILES string of the molecule is NC(CNC1CC1)C1CCC1. The minimum absolute atomic E-state index is 0.435. The molecule has 1 unspecified atom stereocenters. The van der Waals surface area contributed by atoms with Crippen LogP contribution < -0.4 is 11.1 Å². The highest BCUT2D eigenvalue weighted by atomic mass is 15.0. The van der Waals surface area contributed by atoms with E-state index in [4.69, 9.17) is 5.73 Å². The van der Waals surface area contributed by atoms with E-state index < -0.39 is 0 Å². The molecule has 0 aromatic carbocycles. The van der Waals surface area contributed by atoms with Crippen molar-refractivity contribution in [3.63, 3.8) is 0 Å². The van der Waals surface area contributed by atoms with Gasteiger partial charge >= 0.3 is 0 Å². The molecule has 0 spiro atoms. The third-order valence-corrected chi connectivity index (χ3v) is 2.97. The van der Waals surface area contributed by atoms with Crippen LogP contribution >= 0.6 is 0 Å². The average Bonchev–Trinajstić information content (AvgIpc) is 2.61. The fourth-order valence-corrected chi connectivity index (χ4v) is 1.62. The third kappa shape index (κ3) is 1.94. The Morgan fingerprint density at radius 1 is 1.27 bits per heavy atom. The van der Waals surface area contributed by atoms with Crippen molar-refractivity contribution in [2.75, 3.05) is 6.54 Å². The van der Waals surface area contributed by atoms with Crippen molar-refractivity contribution in [1.82, 2.24) is 5.32 Å². The summed E-state index contributed by atoms with van der Waals surface area (Å²) in [6.07, 6.45) is 6.89. The number of hydrogen-bond donors (Lipinski definition) is 2. The molecule has 2 heteroatoms. The Kier molecular flexibility index (Phi) is 2.14. The lowest BCUT2D eigenvalue weighted by Crippen LogP contribution is -2.43. The largest absolute Gasteiger partial charge is 0.326 e. The molecule has 2 aliphatic rings. The van der Waals surface area contributed by atoms with Gasteiger partial charge < -0.3 is 11.1 Å². The molecule has 2 fully saturated rings. The monoisotopic (exact) mass is 154 g/mol. The van der Waals surface area contributed by atoms with Crippen LogP contribution in [0.3, 0.4) is 0 Å². The van der Waals surface area contributed by atoms with Gasteiger partial charge in [0, 0.05) is 18.6 Å². The number of rotatable bonds is 4. The number of nitrogens with one attached hydrogen (secondary N) is 1. The molecule has 0 heterocycles. The van der Waals surface area contributed by atoms with E-state index in [1.54, 1.807) is 0 Å². The predicted octanol–water partition coefficient (Wildman–Crippen LogP) is 0.866. The van der Waals surface area contributed by atoms with Crippen LogP contribution in [0.2, 0.25) is 0 Å². The summed E-state index contributed by atoms with van der Waals surface area (Å²) in [5.74, 6) is 0.834. The van der Waals surface area contributed by atoms with E-state index in [2.05, 4.69) is 5.32 Å². The zero-order chi connectivity index (χ0) is 7.68. The zero-order valence-electron chi connectivity index (χ0n) is 7.05. The lowest BCUT2D eigenvalue weighted by molar-refractivity contribution is 0.256. The van der Waals surface area contributed by atoms with Gasteiger partial charge in [-0.3, -0.25) is 0 Å². The molecule has 2 rings (SSSR count). The smallest absolute Gasteiger partial charge is 0.0194 e. The van der Waals surface area contributed by atoms with Crippen molar-refractivity contribution in [3.05, 3.63) is 0 Å². The fraction of sp³-hybridized carbons (Fsp3) is 1.00. The molecule has 2 saturated carbocycles. The molecule has 0 saturated heterocycles. The van der Waals surface area contributed by atoms with Gasteiger partial charge in [-0.25, -0.2) is 0 Å². The second-order valence-corrected chi connectivity index (χ2v) is 4.04. The molecule has 0 amide bonds. The molecule has 2 nitrogen and oxygen atoms in total. The molecule has 0 bridgehead atoms. The van der Waals surface area contributed by atoms with E-state index in [0.29, 0.717) is 6.04 Å². The minimum Gasteiger partial charge on any atom is -0.326 e. The lowest BCUT2D eigenvalue weighted by atomic mass is 9.80. The van der Waals surface area contributed by atoms with Gasteiger partial charge in [0.05, 0.1) is 0 Å². The predicted molar refractivity (Wildman–Crippen MR) is 46.3 cm³/mol. The summed E-state index contributed by atoms with van der Waals surface area (Å²) >= 11 is 0. The highest BCUT2D eigenvalue weighted by molar-refractivity contribution is 4.86. The van der Waals surface area contributed by atoms with Crippen molar-refractivity contribution in [3.8, 4) is 0 Å². The summed E-state index contributed by atoms with van der Waals surface area (Å²) in [4.78, 5) is 0. The topological polar surface area (TPSA) is 38.0 Å². The second kappa shape index (κ2) is 3.11. The van der Waals surface area contributed by atoms with Crippen molar-refractivity contribution in [2.45, 2.75) is 44.2 Å². The summed E-state index contributed by atoms with van der Waals surface area (Å²) in [5, 5.41) is 3.48. The average molecular weight is 154 g/mol. The van der Waals surface area contributed by atoms with Crippen LogP contribution in [0, 0.1) is 5.92 Å². The number of nitrogens with two attached hydrogens (primary N) is 1. The fourth-order valence-electron chi connectivity index (χ4n) is 1.62. The van der Waals surface area contributed by atoms with Crippen LogP contribution in [0.25, 0.3) is 0 Å². The van der Waals surface area contributed by atoms with E-state index in [0.717, 1.165) is 18.5 Å². The lowest BCUT2D eigenvalue weighted by Gasteiger charge is -2.31. The molecule has 11 heavy (non-hydrogen) atoms. The zero-order valence-corrected chi connectivity index (χ0v) is 7.05. The van der Waals surface area contributed by atoms with Gasteiger partial charge in [-0.1, -0.05) is 6.42 Å². The minimum atomic E-state index is 0.435. The quantitative estimate of drug-likeness (QED) is 0.630. The molecule has 2 aliphatic carbocycles. The van der Waals surface area contributed by atoms with Gasteiger partial charge in [-0.2, -0.15) is 0 Å².